The molecule has 1 aromatic carbocycles. The van der Waals surface area contributed by atoms with Crippen molar-refractivity contribution in [2.24, 2.45) is 0 Å². The third-order valence-electron chi connectivity index (χ3n) is 6.26. The molecule has 2 heterocycles. The fourth-order valence-corrected chi connectivity index (χ4v) is 6.03. The number of ether oxygens (including phenoxy) is 2. The molecule has 40 heavy (non-hydrogen) atoms. The molecule has 2 aromatic heterocycles. The van der Waals surface area contributed by atoms with E-state index in [1.54, 1.807) is 30.1 Å². The first-order valence-electron chi connectivity index (χ1n) is 13.1. The van der Waals surface area contributed by atoms with Crippen LogP contribution in [0.3, 0.4) is 0 Å². The highest BCUT2D eigenvalue weighted by molar-refractivity contribution is 8.00. The van der Waals surface area contributed by atoms with Crippen LogP contribution in [0.25, 0.3) is 0 Å². The van der Waals surface area contributed by atoms with Gasteiger partial charge in [-0.3, -0.25) is 0 Å². The number of rotatable bonds is 12. The molecule has 0 unspecified atom stereocenters. The van der Waals surface area contributed by atoms with Crippen molar-refractivity contribution in [1.82, 2.24) is 9.97 Å². The average molecular weight is 597 g/mol. The molecule has 1 fully saturated rings. The zero-order chi connectivity index (χ0) is 28.8. The molecule has 0 aliphatic heterocycles. The van der Waals surface area contributed by atoms with Gasteiger partial charge in [0.25, 0.3) is 0 Å². The summed E-state index contributed by atoms with van der Waals surface area (Å²) in [5.41, 5.74) is -0.588. The van der Waals surface area contributed by atoms with Crippen LogP contribution in [0, 0.1) is 0 Å². The molecule has 0 bridgehead atoms. The predicted molar refractivity (Wildman–Crippen MR) is 153 cm³/mol. The number of anilines is 2. The molecule has 1 aliphatic carbocycles. The summed E-state index contributed by atoms with van der Waals surface area (Å²) in [6, 6.07) is 4.05. The number of nitrogens with one attached hydrogen (secondary N) is 2. The summed E-state index contributed by atoms with van der Waals surface area (Å²) in [5.74, 6) is 1.97. The van der Waals surface area contributed by atoms with Gasteiger partial charge in [0.15, 0.2) is 5.13 Å². The van der Waals surface area contributed by atoms with Crippen LogP contribution in [0.2, 0.25) is 0 Å². The monoisotopic (exact) mass is 596 g/mol. The number of aromatic nitrogens is 2. The molecule has 1 aliphatic rings. The van der Waals surface area contributed by atoms with E-state index in [4.69, 9.17) is 13.9 Å². The topological polar surface area (TPSA) is 81.4 Å². The first kappa shape index (κ1) is 30.3. The second-order valence-corrected chi connectivity index (χ2v) is 12.9. The number of thiazole rings is 1. The molecule has 2 atom stereocenters. The van der Waals surface area contributed by atoms with Crippen LogP contribution in [0.5, 0.6) is 5.75 Å². The number of hydrogen-bond donors (Lipinski definition) is 2. The van der Waals surface area contributed by atoms with Crippen LogP contribution in [-0.4, -0.2) is 35.5 Å². The lowest BCUT2D eigenvalue weighted by Gasteiger charge is -2.31. The summed E-state index contributed by atoms with van der Waals surface area (Å²) in [6.07, 6.45) is 3.30. The van der Waals surface area contributed by atoms with Gasteiger partial charge in [-0.2, -0.15) is 13.2 Å². The Labute approximate surface area is 241 Å². The van der Waals surface area contributed by atoms with Crippen molar-refractivity contribution in [1.29, 1.82) is 0 Å². The minimum atomic E-state index is -4.55. The van der Waals surface area contributed by atoms with Gasteiger partial charge in [-0.25, -0.2) is 9.97 Å². The standard InChI is InChI=1S/C28H35F3N4O3S2/c1-5-11-36-17-34-18-9-10-22(21(13-18)28(29,30)31)37-20-8-6-7-19(12-20)35-26-33-15-25(40-26)39-16-24-32-14-23(38-24)27(2,3)4/h5,9-10,13-15,19-20,34H,1,6-8,11-12,16-17H2,2-4H3,(H,33,35)/t19-,20-/m1/s1. The summed E-state index contributed by atoms with van der Waals surface area (Å²) in [6.45, 7) is 10.2. The van der Waals surface area contributed by atoms with E-state index < -0.39 is 11.7 Å². The van der Waals surface area contributed by atoms with E-state index in [1.165, 1.54) is 17.4 Å². The number of halogens is 3. The Kier molecular flexibility index (Phi) is 10.1. The highest BCUT2D eigenvalue weighted by atomic mass is 32.2. The normalized spacial score (nSPS) is 17.9. The number of alkyl halides is 3. The van der Waals surface area contributed by atoms with Gasteiger partial charge >= 0.3 is 6.18 Å². The fraction of sp³-hybridized carbons (Fsp3) is 0.500. The largest absolute Gasteiger partial charge is 0.490 e. The van der Waals surface area contributed by atoms with Gasteiger partial charge in [-0.15, -0.1) is 18.3 Å². The zero-order valence-electron chi connectivity index (χ0n) is 22.8. The molecule has 1 saturated carbocycles. The van der Waals surface area contributed by atoms with E-state index in [1.807, 2.05) is 6.20 Å². The Morgan fingerprint density at radius 1 is 1.20 bits per heavy atom. The molecule has 218 valence electrons. The second-order valence-electron chi connectivity index (χ2n) is 10.6. The van der Waals surface area contributed by atoms with Gasteiger partial charge in [0.1, 0.15) is 24.3 Å². The number of nitrogens with zero attached hydrogens (tertiary/aromatic N) is 2. The molecular formula is C28H35F3N4O3S2. The van der Waals surface area contributed by atoms with E-state index in [9.17, 15) is 13.2 Å². The third kappa shape index (κ3) is 8.65. The summed E-state index contributed by atoms with van der Waals surface area (Å²) < 4.78 is 59.5. The molecule has 7 nitrogen and oxygen atoms in total. The second kappa shape index (κ2) is 13.3. The van der Waals surface area contributed by atoms with Gasteiger partial charge in [-0.05, 0) is 37.5 Å². The summed E-state index contributed by atoms with van der Waals surface area (Å²) >= 11 is 3.15. The molecule has 12 heteroatoms. The van der Waals surface area contributed by atoms with Crippen LogP contribution >= 0.6 is 23.1 Å². The van der Waals surface area contributed by atoms with Gasteiger partial charge in [0.05, 0.1) is 34.5 Å². The van der Waals surface area contributed by atoms with E-state index in [0.29, 0.717) is 36.8 Å². The van der Waals surface area contributed by atoms with E-state index in [-0.39, 0.29) is 30.0 Å². The number of thioether (sulfide) groups is 1. The van der Waals surface area contributed by atoms with Crippen molar-refractivity contribution < 1.29 is 27.1 Å². The van der Waals surface area contributed by atoms with E-state index in [0.717, 1.165) is 34.0 Å². The van der Waals surface area contributed by atoms with Gasteiger partial charge in [0, 0.05) is 23.6 Å². The SMILES string of the molecule is C=CCOCNc1ccc(O[C@@H]2CCC[C@@H](Nc3ncc(SCc4ncc(C(C)(C)C)o4)s3)C2)c(C(F)(F)F)c1. The maximum absolute atomic E-state index is 13.8. The highest BCUT2D eigenvalue weighted by Gasteiger charge is 2.36. The lowest BCUT2D eigenvalue weighted by atomic mass is 9.93. The Bertz CT molecular complexity index is 1260. The summed E-state index contributed by atoms with van der Waals surface area (Å²) in [5, 5.41) is 7.06. The third-order valence-corrected chi connectivity index (χ3v) is 8.37. The van der Waals surface area contributed by atoms with Crippen molar-refractivity contribution in [3.8, 4) is 5.75 Å². The zero-order valence-corrected chi connectivity index (χ0v) is 24.5. The van der Waals surface area contributed by atoms with Crippen LogP contribution in [-0.2, 0) is 22.1 Å². The molecule has 0 spiro atoms. The van der Waals surface area contributed by atoms with Crippen LogP contribution < -0.4 is 15.4 Å². The molecule has 2 N–H and O–H groups in total. The molecule has 0 saturated heterocycles. The molecule has 4 rings (SSSR count). The summed E-state index contributed by atoms with van der Waals surface area (Å²) in [4.78, 5) is 8.86. The average Bonchev–Trinajstić information content (AvgIpc) is 3.55. The van der Waals surface area contributed by atoms with Gasteiger partial charge < -0.3 is 24.5 Å². The first-order valence-corrected chi connectivity index (χ1v) is 14.9. The van der Waals surface area contributed by atoms with E-state index >= 15 is 0 Å². The van der Waals surface area contributed by atoms with Crippen LogP contribution in [0.4, 0.5) is 24.0 Å². The number of benzene rings is 1. The van der Waals surface area contributed by atoms with Crippen molar-refractivity contribution in [2.75, 3.05) is 24.0 Å². The maximum Gasteiger partial charge on any atom is 0.420 e. The molecule has 0 amide bonds. The Morgan fingerprint density at radius 3 is 2.75 bits per heavy atom. The Hall–Kier alpha value is -2.70. The van der Waals surface area contributed by atoms with Crippen molar-refractivity contribution in [3.05, 3.63) is 60.5 Å². The van der Waals surface area contributed by atoms with Crippen LogP contribution in [0.1, 0.15) is 63.7 Å². The molecule has 3 aromatic rings. The molecular weight excluding hydrogens is 561 g/mol. The van der Waals surface area contributed by atoms with Crippen molar-refractivity contribution in [3.63, 3.8) is 0 Å². The fourth-order valence-electron chi connectivity index (χ4n) is 4.23. The van der Waals surface area contributed by atoms with Crippen LogP contribution in [0.15, 0.2) is 51.9 Å². The van der Waals surface area contributed by atoms with Gasteiger partial charge in [-0.1, -0.05) is 38.2 Å². The maximum atomic E-state index is 13.8. The number of hydrogen-bond acceptors (Lipinski definition) is 9. The van der Waals surface area contributed by atoms with E-state index in [2.05, 4.69) is 48.0 Å². The lowest BCUT2D eigenvalue weighted by Crippen LogP contribution is -2.33. The number of oxazole rings is 1. The minimum absolute atomic E-state index is 0.0566. The quantitative estimate of drug-likeness (QED) is 0.0939. The Morgan fingerprint density at radius 2 is 2.02 bits per heavy atom. The van der Waals surface area contributed by atoms with Gasteiger partial charge in [0.2, 0.25) is 5.89 Å². The Balaban J connectivity index is 1.31. The first-order chi connectivity index (χ1) is 19.0. The minimum Gasteiger partial charge on any atom is -0.490 e. The lowest BCUT2D eigenvalue weighted by molar-refractivity contribution is -0.139. The molecule has 0 radical (unpaired) electrons. The predicted octanol–water partition coefficient (Wildman–Crippen LogP) is 8.11. The summed E-state index contributed by atoms with van der Waals surface area (Å²) in [7, 11) is 0. The highest BCUT2D eigenvalue weighted by Crippen LogP contribution is 2.40. The smallest absolute Gasteiger partial charge is 0.420 e. The van der Waals surface area contributed by atoms with Crippen molar-refractivity contribution >= 4 is 33.9 Å². The van der Waals surface area contributed by atoms with Crippen molar-refractivity contribution in [2.45, 2.75) is 80.2 Å².